The van der Waals surface area contributed by atoms with E-state index < -0.39 is 24.4 Å². The summed E-state index contributed by atoms with van der Waals surface area (Å²) in [4.78, 5) is 0. The molecule has 5 heteroatoms. The number of alkyl halides is 1. The van der Waals surface area contributed by atoms with Gasteiger partial charge in [0.25, 0.3) is 0 Å². The summed E-state index contributed by atoms with van der Waals surface area (Å²) in [5.74, 6) is 0. The summed E-state index contributed by atoms with van der Waals surface area (Å²) < 4.78 is 22.6. The molecule has 1 N–H and O–H groups in total. The molecule has 3 nitrogen and oxygen atoms in total. The van der Waals surface area contributed by atoms with Crippen LogP contribution in [-0.4, -0.2) is 51.1 Å². The van der Waals surface area contributed by atoms with Crippen molar-refractivity contribution in [3.63, 3.8) is 0 Å². The first-order valence-corrected chi connectivity index (χ1v) is 4.21. The molecule has 0 aliphatic heterocycles. The van der Waals surface area contributed by atoms with Crippen molar-refractivity contribution in [1.82, 2.24) is 0 Å². The standard InChI is InChI=1S/C8H16BFO3/c1-5(10)7(4-12-3)13-8(9)6(2)11/h5-8,11H,4H2,1-3H3/t5-,6+,7-,8?/m1/s1. The summed E-state index contributed by atoms with van der Waals surface area (Å²) in [5, 5.41) is 9.01. The minimum Gasteiger partial charge on any atom is -0.392 e. The quantitative estimate of drug-likeness (QED) is 0.610. The number of halogens is 1. The Kier molecular flexibility index (Phi) is 6.29. The number of hydrogen-bond donors (Lipinski definition) is 1. The number of aliphatic hydroxyl groups is 1. The van der Waals surface area contributed by atoms with Gasteiger partial charge in [0.2, 0.25) is 0 Å². The van der Waals surface area contributed by atoms with Crippen LogP contribution in [0.25, 0.3) is 0 Å². The maximum Gasteiger partial charge on any atom is 0.126 e. The van der Waals surface area contributed by atoms with Gasteiger partial charge in [0.15, 0.2) is 0 Å². The molecule has 76 valence electrons. The van der Waals surface area contributed by atoms with Crippen molar-refractivity contribution < 1.29 is 19.0 Å². The first-order valence-electron chi connectivity index (χ1n) is 4.21. The number of methoxy groups -OCH3 is 1. The van der Waals surface area contributed by atoms with Crippen molar-refractivity contribution in [3.05, 3.63) is 0 Å². The molecule has 1 unspecified atom stereocenters. The van der Waals surface area contributed by atoms with Crippen LogP contribution in [0.5, 0.6) is 0 Å². The van der Waals surface area contributed by atoms with Crippen molar-refractivity contribution in [2.75, 3.05) is 13.7 Å². The van der Waals surface area contributed by atoms with E-state index in [0.29, 0.717) is 0 Å². The van der Waals surface area contributed by atoms with E-state index >= 15 is 0 Å². The summed E-state index contributed by atoms with van der Waals surface area (Å²) in [6.07, 6.45) is -2.72. The average molecular weight is 190 g/mol. The second-order valence-electron chi connectivity index (χ2n) is 3.01. The molecule has 4 atom stereocenters. The number of aliphatic hydroxyl groups excluding tert-OH is 1. The highest BCUT2D eigenvalue weighted by molar-refractivity contribution is 6.11. The van der Waals surface area contributed by atoms with Crippen molar-refractivity contribution in [1.29, 1.82) is 0 Å². The lowest BCUT2D eigenvalue weighted by atomic mass is 9.95. The molecule has 0 amide bonds. The molecule has 0 heterocycles. The third-order valence-electron chi connectivity index (χ3n) is 1.65. The van der Waals surface area contributed by atoms with Gasteiger partial charge < -0.3 is 14.6 Å². The van der Waals surface area contributed by atoms with Crippen LogP contribution in [0.3, 0.4) is 0 Å². The second kappa shape index (κ2) is 6.35. The highest BCUT2D eigenvalue weighted by Gasteiger charge is 2.21. The topological polar surface area (TPSA) is 38.7 Å². The predicted molar refractivity (Wildman–Crippen MR) is 48.5 cm³/mol. The van der Waals surface area contributed by atoms with Gasteiger partial charge in [0.1, 0.15) is 20.1 Å². The maximum atomic E-state index is 12.8. The van der Waals surface area contributed by atoms with Crippen LogP contribution in [0, 0.1) is 0 Å². The maximum absolute atomic E-state index is 12.8. The Hall–Kier alpha value is -0.125. The molecule has 0 bridgehead atoms. The SMILES string of the molecule is [B]C(O[C@H](COC)[C@@H](C)F)[C@H](C)O. The van der Waals surface area contributed by atoms with E-state index in [-0.39, 0.29) is 6.61 Å². The van der Waals surface area contributed by atoms with Gasteiger partial charge in [-0.1, -0.05) is 0 Å². The molecule has 0 saturated carbocycles. The molecule has 2 radical (unpaired) electrons. The molecular formula is C8H16BFO3. The summed E-state index contributed by atoms with van der Waals surface area (Å²) in [7, 11) is 6.84. The van der Waals surface area contributed by atoms with Crippen LogP contribution in [0.1, 0.15) is 13.8 Å². The Labute approximate surface area is 79.6 Å². The van der Waals surface area contributed by atoms with Crippen LogP contribution in [0.15, 0.2) is 0 Å². The molecule has 0 aromatic heterocycles. The van der Waals surface area contributed by atoms with Gasteiger partial charge in [-0.3, -0.25) is 0 Å². The van der Waals surface area contributed by atoms with Gasteiger partial charge in [-0.15, -0.1) is 0 Å². The molecule has 13 heavy (non-hydrogen) atoms. The third-order valence-corrected chi connectivity index (χ3v) is 1.65. The molecular weight excluding hydrogens is 174 g/mol. The van der Waals surface area contributed by atoms with E-state index in [0.717, 1.165) is 0 Å². The van der Waals surface area contributed by atoms with Crippen LogP contribution >= 0.6 is 0 Å². The zero-order valence-electron chi connectivity index (χ0n) is 8.24. The zero-order chi connectivity index (χ0) is 10.4. The smallest absolute Gasteiger partial charge is 0.126 e. The summed E-state index contributed by atoms with van der Waals surface area (Å²) in [6, 6.07) is -0.877. The normalized spacial score (nSPS) is 20.7. The molecule has 0 saturated heterocycles. The van der Waals surface area contributed by atoms with Crippen molar-refractivity contribution in [2.45, 2.75) is 38.2 Å². The highest BCUT2D eigenvalue weighted by Crippen LogP contribution is 2.08. The first-order chi connectivity index (χ1) is 5.99. The second-order valence-corrected chi connectivity index (χ2v) is 3.01. The van der Waals surface area contributed by atoms with Crippen molar-refractivity contribution in [3.8, 4) is 0 Å². The minimum absolute atomic E-state index is 0.123. The fourth-order valence-corrected chi connectivity index (χ4v) is 0.760. The van der Waals surface area contributed by atoms with Crippen molar-refractivity contribution >= 4 is 7.85 Å². The molecule has 0 spiro atoms. The summed E-state index contributed by atoms with van der Waals surface area (Å²) >= 11 is 0. The fraction of sp³-hybridized carbons (Fsp3) is 1.00. The molecule has 0 aromatic rings. The van der Waals surface area contributed by atoms with Crippen molar-refractivity contribution in [2.24, 2.45) is 0 Å². The summed E-state index contributed by atoms with van der Waals surface area (Å²) in [5.41, 5.74) is 0. The molecule has 0 aliphatic rings. The monoisotopic (exact) mass is 190 g/mol. The van der Waals surface area contributed by atoms with Crippen LogP contribution in [0.2, 0.25) is 0 Å². The van der Waals surface area contributed by atoms with E-state index in [1.807, 2.05) is 0 Å². The molecule has 0 rings (SSSR count). The Morgan fingerprint density at radius 2 is 2.00 bits per heavy atom. The lowest BCUT2D eigenvalue weighted by Gasteiger charge is -2.24. The zero-order valence-corrected chi connectivity index (χ0v) is 8.24. The Bertz CT molecular complexity index is 133. The largest absolute Gasteiger partial charge is 0.392 e. The number of ether oxygens (including phenoxy) is 2. The van der Waals surface area contributed by atoms with Crippen LogP contribution < -0.4 is 0 Å². The number of hydrogen-bond acceptors (Lipinski definition) is 3. The van der Waals surface area contributed by atoms with Crippen LogP contribution in [0.4, 0.5) is 4.39 Å². The number of rotatable bonds is 6. The average Bonchev–Trinajstić information content (AvgIpc) is 2.03. The lowest BCUT2D eigenvalue weighted by Crippen LogP contribution is -2.37. The Morgan fingerprint density at radius 1 is 1.46 bits per heavy atom. The van der Waals surface area contributed by atoms with E-state index in [2.05, 4.69) is 0 Å². The van der Waals surface area contributed by atoms with Gasteiger partial charge >= 0.3 is 0 Å². The van der Waals surface area contributed by atoms with E-state index in [4.69, 9.17) is 22.4 Å². The van der Waals surface area contributed by atoms with Gasteiger partial charge in [0.05, 0.1) is 12.7 Å². The van der Waals surface area contributed by atoms with E-state index in [9.17, 15) is 4.39 Å². The van der Waals surface area contributed by atoms with E-state index in [1.165, 1.54) is 21.0 Å². The Morgan fingerprint density at radius 3 is 2.31 bits per heavy atom. The minimum atomic E-state index is -1.18. The highest BCUT2D eigenvalue weighted by atomic mass is 19.1. The van der Waals surface area contributed by atoms with Gasteiger partial charge in [-0.05, 0) is 13.8 Å². The lowest BCUT2D eigenvalue weighted by molar-refractivity contribution is -0.0826. The third kappa shape index (κ3) is 5.23. The predicted octanol–water partition coefficient (Wildman–Crippen LogP) is 0.251. The summed E-state index contributed by atoms with van der Waals surface area (Å²) in [6.45, 7) is 2.97. The molecule has 0 aromatic carbocycles. The molecule has 0 aliphatic carbocycles. The van der Waals surface area contributed by atoms with E-state index in [1.54, 1.807) is 0 Å². The van der Waals surface area contributed by atoms with Crippen LogP contribution in [-0.2, 0) is 9.47 Å². The van der Waals surface area contributed by atoms with Gasteiger partial charge in [0, 0.05) is 13.1 Å². The van der Waals surface area contributed by atoms with Gasteiger partial charge in [-0.2, -0.15) is 0 Å². The first kappa shape index (κ1) is 12.9. The molecule has 0 fully saturated rings. The fourth-order valence-electron chi connectivity index (χ4n) is 0.760. The van der Waals surface area contributed by atoms with Gasteiger partial charge in [-0.25, -0.2) is 4.39 Å². The Balaban J connectivity index is 3.94.